The van der Waals surface area contributed by atoms with Crippen LogP contribution in [0.25, 0.3) is 22.2 Å². The van der Waals surface area contributed by atoms with Crippen molar-refractivity contribution < 1.29 is 4.79 Å². The third-order valence-corrected chi connectivity index (χ3v) is 5.49. The van der Waals surface area contributed by atoms with Crippen molar-refractivity contribution in [2.24, 2.45) is 5.73 Å². The summed E-state index contributed by atoms with van der Waals surface area (Å²) in [5.41, 5.74) is 11.3. The predicted molar refractivity (Wildman–Crippen MR) is 120 cm³/mol. The highest BCUT2D eigenvalue weighted by molar-refractivity contribution is 6.02. The van der Waals surface area contributed by atoms with Crippen molar-refractivity contribution in [1.29, 1.82) is 0 Å². The number of nitrogens with two attached hydrogens (primary N) is 1. The van der Waals surface area contributed by atoms with Gasteiger partial charge < -0.3 is 15.2 Å². The molecule has 2 heterocycles. The number of amides is 1. The summed E-state index contributed by atoms with van der Waals surface area (Å²) >= 11 is 0. The van der Waals surface area contributed by atoms with E-state index in [2.05, 4.69) is 42.6 Å². The fraction of sp³-hybridized carbons (Fsp3) is 0.417. The molecule has 0 unspecified atom stereocenters. The molecule has 2 aromatic heterocycles. The third-order valence-electron chi connectivity index (χ3n) is 5.49. The van der Waals surface area contributed by atoms with Gasteiger partial charge in [0.2, 0.25) is 0 Å². The van der Waals surface area contributed by atoms with Gasteiger partial charge in [0.15, 0.2) is 0 Å². The zero-order valence-corrected chi connectivity index (χ0v) is 18.0. The zero-order valence-electron chi connectivity index (χ0n) is 18.0. The SMILES string of the molecule is CCCCc1c(-c2ccc3ccccc3n2)c(C(N)=O)c(C)n1CCCN(C)C. The molecule has 5 heteroatoms. The Morgan fingerprint density at radius 2 is 1.90 bits per heavy atom. The maximum atomic E-state index is 12.5. The summed E-state index contributed by atoms with van der Waals surface area (Å²) in [5.74, 6) is -0.378. The lowest BCUT2D eigenvalue weighted by molar-refractivity contribution is 0.1000. The normalized spacial score (nSPS) is 11.5. The zero-order chi connectivity index (χ0) is 21.0. The summed E-state index contributed by atoms with van der Waals surface area (Å²) in [6, 6.07) is 12.2. The van der Waals surface area contributed by atoms with Crippen LogP contribution >= 0.6 is 0 Å². The number of fused-ring (bicyclic) bond motifs is 1. The second-order valence-electron chi connectivity index (χ2n) is 7.95. The molecule has 3 rings (SSSR count). The van der Waals surface area contributed by atoms with Crippen LogP contribution in [0.3, 0.4) is 0 Å². The lowest BCUT2D eigenvalue weighted by atomic mass is 10.0. The number of para-hydroxylation sites is 1. The fourth-order valence-corrected chi connectivity index (χ4v) is 4.03. The average molecular weight is 393 g/mol. The maximum absolute atomic E-state index is 12.5. The molecule has 0 aliphatic carbocycles. The number of rotatable bonds is 9. The van der Waals surface area contributed by atoms with Gasteiger partial charge in [0.25, 0.3) is 5.91 Å². The van der Waals surface area contributed by atoms with Gasteiger partial charge in [-0.15, -0.1) is 0 Å². The van der Waals surface area contributed by atoms with E-state index in [-0.39, 0.29) is 5.91 Å². The summed E-state index contributed by atoms with van der Waals surface area (Å²) in [6.07, 6.45) is 4.09. The number of benzene rings is 1. The van der Waals surface area contributed by atoms with E-state index in [0.29, 0.717) is 5.56 Å². The summed E-state index contributed by atoms with van der Waals surface area (Å²) < 4.78 is 2.30. The Labute approximate surface area is 173 Å². The second kappa shape index (κ2) is 9.23. The molecule has 3 aromatic rings. The number of nitrogens with zero attached hydrogens (tertiary/aromatic N) is 3. The van der Waals surface area contributed by atoms with Crippen molar-refractivity contribution in [3.63, 3.8) is 0 Å². The van der Waals surface area contributed by atoms with E-state index < -0.39 is 0 Å². The van der Waals surface area contributed by atoms with Crippen molar-refractivity contribution >= 4 is 16.8 Å². The standard InChI is InChI=1S/C24H32N4O/c1-5-6-12-21-23(20-14-13-18-10-7-8-11-19(18)26-20)22(24(25)29)17(2)28(21)16-9-15-27(3)4/h7-8,10-11,13-14H,5-6,9,12,15-16H2,1-4H3,(H2,25,29). The summed E-state index contributed by atoms with van der Waals surface area (Å²) in [7, 11) is 4.17. The Morgan fingerprint density at radius 1 is 1.14 bits per heavy atom. The molecule has 2 N–H and O–H groups in total. The van der Waals surface area contributed by atoms with E-state index in [1.54, 1.807) is 0 Å². The molecule has 5 nitrogen and oxygen atoms in total. The Hall–Kier alpha value is -2.66. The molecular formula is C24H32N4O. The number of hydrogen-bond donors (Lipinski definition) is 1. The van der Waals surface area contributed by atoms with Gasteiger partial charge in [-0.1, -0.05) is 37.6 Å². The first-order valence-corrected chi connectivity index (χ1v) is 10.5. The molecule has 0 spiro atoms. The minimum absolute atomic E-state index is 0.378. The van der Waals surface area contributed by atoms with Crippen molar-refractivity contribution in [1.82, 2.24) is 14.5 Å². The topological polar surface area (TPSA) is 64.1 Å². The molecule has 0 aliphatic rings. The van der Waals surface area contributed by atoms with Crippen molar-refractivity contribution in [3.8, 4) is 11.3 Å². The second-order valence-corrected chi connectivity index (χ2v) is 7.95. The summed E-state index contributed by atoms with van der Waals surface area (Å²) in [5, 5.41) is 1.09. The third kappa shape index (κ3) is 4.51. The van der Waals surface area contributed by atoms with Gasteiger partial charge in [0, 0.05) is 28.9 Å². The van der Waals surface area contributed by atoms with Crippen LogP contribution in [0.5, 0.6) is 0 Å². The highest BCUT2D eigenvalue weighted by atomic mass is 16.1. The van der Waals surface area contributed by atoms with Crippen molar-refractivity contribution in [2.45, 2.75) is 46.1 Å². The number of hydrogen-bond acceptors (Lipinski definition) is 3. The Balaban J connectivity index is 2.17. The van der Waals surface area contributed by atoms with Crippen molar-refractivity contribution in [3.05, 3.63) is 53.3 Å². The fourth-order valence-electron chi connectivity index (χ4n) is 4.03. The van der Waals surface area contributed by atoms with Gasteiger partial charge in [0.1, 0.15) is 0 Å². The molecule has 0 aliphatic heterocycles. The summed E-state index contributed by atoms with van der Waals surface area (Å²) in [4.78, 5) is 19.6. The monoisotopic (exact) mass is 392 g/mol. The molecule has 0 fully saturated rings. The van der Waals surface area contributed by atoms with Gasteiger partial charge in [-0.25, -0.2) is 4.98 Å². The quantitative estimate of drug-likeness (QED) is 0.587. The molecule has 1 amide bonds. The van der Waals surface area contributed by atoms with Gasteiger partial charge in [-0.3, -0.25) is 4.79 Å². The van der Waals surface area contributed by atoms with E-state index in [1.165, 1.54) is 5.69 Å². The van der Waals surface area contributed by atoms with Crippen LogP contribution < -0.4 is 5.73 Å². The van der Waals surface area contributed by atoms with Crippen LogP contribution in [0, 0.1) is 6.92 Å². The van der Waals surface area contributed by atoms with Gasteiger partial charge >= 0.3 is 0 Å². The minimum Gasteiger partial charge on any atom is -0.366 e. The first-order chi connectivity index (χ1) is 13.9. The number of carbonyl (C=O) groups is 1. The number of unbranched alkanes of at least 4 members (excludes halogenated alkanes) is 1. The molecule has 0 atom stereocenters. The molecule has 0 radical (unpaired) electrons. The summed E-state index contributed by atoms with van der Waals surface area (Å²) in [6.45, 7) is 6.07. The molecular weight excluding hydrogens is 360 g/mol. The highest BCUT2D eigenvalue weighted by Gasteiger charge is 2.25. The van der Waals surface area contributed by atoms with Crippen LogP contribution in [-0.2, 0) is 13.0 Å². The van der Waals surface area contributed by atoms with Gasteiger partial charge in [-0.05, 0) is 59.0 Å². The van der Waals surface area contributed by atoms with E-state index in [4.69, 9.17) is 10.7 Å². The Bertz CT molecular complexity index is 1000. The van der Waals surface area contributed by atoms with E-state index >= 15 is 0 Å². The minimum atomic E-state index is -0.378. The first-order valence-electron chi connectivity index (χ1n) is 10.5. The number of carbonyl (C=O) groups excluding carboxylic acids is 1. The lowest BCUT2D eigenvalue weighted by Crippen LogP contribution is -2.17. The van der Waals surface area contributed by atoms with Crippen LogP contribution in [0.1, 0.15) is 47.9 Å². The maximum Gasteiger partial charge on any atom is 0.251 e. The van der Waals surface area contributed by atoms with Crippen molar-refractivity contribution in [2.75, 3.05) is 20.6 Å². The average Bonchev–Trinajstić information content (AvgIpc) is 2.97. The van der Waals surface area contributed by atoms with Crippen LogP contribution in [0.4, 0.5) is 0 Å². The lowest BCUT2D eigenvalue weighted by Gasteiger charge is -2.15. The molecule has 1 aromatic carbocycles. The Kier molecular flexibility index (Phi) is 6.70. The number of primary amides is 1. The highest BCUT2D eigenvalue weighted by Crippen LogP contribution is 2.34. The van der Waals surface area contributed by atoms with Gasteiger partial charge in [-0.2, -0.15) is 0 Å². The molecule has 0 saturated heterocycles. The van der Waals surface area contributed by atoms with Gasteiger partial charge in [0.05, 0.1) is 16.8 Å². The van der Waals surface area contributed by atoms with E-state index in [9.17, 15) is 4.79 Å². The largest absolute Gasteiger partial charge is 0.366 e. The number of aromatic nitrogens is 2. The predicted octanol–water partition coefficient (Wildman–Crippen LogP) is 4.40. The molecule has 29 heavy (non-hydrogen) atoms. The number of pyridine rings is 1. The van der Waals surface area contributed by atoms with E-state index in [1.807, 2.05) is 31.2 Å². The van der Waals surface area contributed by atoms with E-state index in [0.717, 1.165) is 66.6 Å². The molecule has 0 bridgehead atoms. The first kappa shape index (κ1) is 21.1. The van der Waals surface area contributed by atoms with Crippen LogP contribution in [0.15, 0.2) is 36.4 Å². The van der Waals surface area contributed by atoms with Crippen LogP contribution in [0.2, 0.25) is 0 Å². The Morgan fingerprint density at radius 3 is 2.59 bits per heavy atom. The molecule has 0 saturated carbocycles. The van der Waals surface area contributed by atoms with Crippen LogP contribution in [-0.4, -0.2) is 41.0 Å². The smallest absolute Gasteiger partial charge is 0.251 e. The molecule has 154 valence electrons.